The van der Waals surface area contributed by atoms with Crippen molar-refractivity contribution in [3.8, 4) is 5.75 Å². The van der Waals surface area contributed by atoms with Crippen LogP contribution in [0.15, 0.2) is 54.6 Å². The lowest BCUT2D eigenvalue weighted by Crippen LogP contribution is -2.30. The first kappa shape index (κ1) is 22.0. The van der Waals surface area contributed by atoms with E-state index in [1.807, 2.05) is 0 Å². The molecule has 2 aromatic rings. The number of carbonyl (C=O) groups is 1. The Bertz CT molecular complexity index is 816. The Labute approximate surface area is 186 Å². The summed E-state index contributed by atoms with van der Waals surface area (Å²) in [5.74, 6) is 3.06. The molecule has 0 aliphatic heterocycles. The summed E-state index contributed by atoms with van der Waals surface area (Å²) >= 11 is 0. The van der Waals surface area contributed by atoms with Gasteiger partial charge in [-0.2, -0.15) is 0 Å². The van der Waals surface area contributed by atoms with Crippen LogP contribution in [0.2, 0.25) is 0 Å². The summed E-state index contributed by atoms with van der Waals surface area (Å²) in [6, 6.07) is 16.6. The van der Waals surface area contributed by atoms with Crippen LogP contribution in [0.1, 0.15) is 76.2 Å². The average molecular weight is 423 g/mol. The number of benzene rings is 2. The van der Waals surface area contributed by atoms with Gasteiger partial charge in [-0.05, 0) is 98.4 Å². The van der Waals surface area contributed by atoms with E-state index < -0.39 is 0 Å². The second-order valence-corrected chi connectivity index (χ2v) is 9.81. The van der Waals surface area contributed by atoms with Gasteiger partial charge in [0.1, 0.15) is 11.6 Å². The summed E-state index contributed by atoms with van der Waals surface area (Å²) in [4.78, 5) is 12.5. The van der Waals surface area contributed by atoms with Gasteiger partial charge in [-0.3, -0.25) is 4.79 Å². The van der Waals surface area contributed by atoms with E-state index in [2.05, 4.69) is 37.3 Å². The third-order valence-electron chi connectivity index (χ3n) is 7.75. The van der Waals surface area contributed by atoms with Crippen LogP contribution in [0.25, 0.3) is 0 Å². The molecular weight excluding hydrogens is 387 g/mol. The second-order valence-electron chi connectivity index (χ2n) is 9.81. The van der Waals surface area contributed by atoms with Gasteiger partial charge >= 0.3 is 5.97 Å². The van der Waals surface area contributed by atoms with E-state index in [0.717, 1.165) is 43.4 Å². The summed E-state index contributed by atoms with van der Waals surface area (Å²) in [6.45, 7) is 2.37. The van der Waals surface area contributed by atoms with Gasteiger partial charge in [-0.15, -0.1) is 0 Å². The Morgan fingerprint density at radius 1 is 0.871 bits per heavy atom. The smallest absolute Gasteiger partial charge is 0.314 e. The van der Waals surface area contributed by atoms with Crippen LogP contribution >= 0.6 is 0 Å². The number of esters is 1. The van der Waals surface area contributed by atoms with Crippen LogP contribution in [-0.2, 0) is 4.79 Å². The van der Waals surface area contributed by atoms with Crippen molar-refractivity contribution in [2.24, 2.45) is 23.7 Å². The van der Waals surface area contributed by atoms with Gasteiger partial charge in [-0.25, -0.2) is 4.39 Å². The van der Waals surface area contributed by atoms with E-state index in [9.17, 15) is 9.18 Å². The van der Waals surface area contributed by atoms with Gasteiger partial charge in [0.25, 0.3) is 0 Å². The van der Waals surface area contributed by atoms with Gasteiger partial charge in [0.15, 0.2) is 0 Å². The molecule has 0 unspecified atom stereocenters. The van der Waals surface area contributed by atoms with Crippen molar-refractivity contribution in [3.63, 3.8) is 0 Å². The maximum Gasteiger partial charge on any atom is 0.314 e. The SMILES string of the molecule is C[C@H](CC1CCC(C2CCC(C(=O)Oc3ccc(F)cc3)CC2)CC1)c1ccccc1. The highest BCUT2D eigenvalue weighted by molar-refractivity contribution is 5.75. The summed E-state index contributed by atoms with van der Waals surface area (Å²) in [5.41, 5.74) is 1.47. The third kappa shape index (κ3) is 5.96. The molecule has 2 nitrogen and oxygen atoms in total. The topological polar surface area (TPSA) is 26.3 Å². The first-order valence-electron chi connectivity index (χ1n) is 12.1. The quantitative estimate of drug-likeness (QED) is 0.355. The van der Waals surface area contributed by atoms with Crippen LogP contribution in [-0.4, -0.2) is 5.97 Å². The van der Waals surface area contributed by atoms with Crippen molar-refractivity contribution >= 4 is 5.97 Å². The minimum atomic E-state index is -0.315. The Balaban J connectivity index is 1.18. The number of hydrogen-bond donors (Lipinski definition) is 0. The molecule has 0 N–H and O–H groups in total. The first-order valence-corrected chi connectivity index (χ1v) is 12.1. The Morgan fingerprint density at radius 3 is 2.06 bits per heavy atom. The van der Waals surface area contributed by atoms with Gasteiger partial charge in [0.2, 0.25) is 0 Å². The number of carbonyl (C=O) groups excluding carboxylic acids is 1. The predicted octanol–water partition coefficient (Wildman–Crippen LogP) is 7.54. The molecule has 2 aliphatic rings. The largest absolute Gasteiger partial charge is 0.426 e. The van der Waals surface area contributed by atoms with Gasteiger partial charge in [0, 0.05) is 0 Å². The molecule has 2 aliphatic carbocycles. The van der Waals surface area contributed by atoms with Gasteiger partial charge in [-0.1, -0.05) is 50.1 Å². The van der Waals surface area contributed by atoms with E-state index in [1.165, 1.54) is 61.9 Å². The third-order valence-corrected chi connectivity index (χ3v) is 7.75. The molecule has 3 heteroatoms. The fourth-order valence-corrected chi connectivity index (χ4v) is 5.84. The molecular formula is C28H35FO2. The van der Waals surface area contributed by atoms with E-state index in [-0.39, 0.29) is 17.7 Å². The van der Waals surface area contributed by atoms with Crippen molar-refractivity contribution in [2.75, 3.05) is 0 Å². The lowest BCUT2D eigenvalue weighted by atomic mass is 9.68. The van der Waals surface area contributed by atoms with E-state index in [0.29, 0.717) is 11.7 Å². The summed E-state index contributed by atoms with van der Waals surface area (Å²) in [7, 11) is 0. The average Bonchev–Trinajstić information content (AvgIpc) is 2.82. The lowest BCUT2D eigenvalue weighted by Gasteiger charge is -2.38. The van der Waals surface area contributed by atoms with Gasteiger partial charge in [0.05, 0.1) is 5.92 Å². The Hall–Kier alpha value is -2.16. The minimum Gasteiger partial charge on any atom is -0.426 e. The number of halogens is 1. The zero-order chi connectivity index (χ0) is 21.6. The van der Waals surface area contributed by atoms with Crippen molar-refractivity contribution in [1.29, 1.82) is 0 Å². The van der Waals surface area contributed by atoms with Gasteiger partial charge < -0.3 is 4.74 Å². The van der Waals surface area contributed by atoms with Crippen molar-refractivity contribution in [2.45, 2.75) is 70.6 Å². The van der Waals surface area contributed by atoms with Crippen LogP contribution in [0.5, 0.6) is 5.75 Å². The van der Waals surface area contributed by atoms with E-state index in [1.54, 1.807) is 0 Å². The lowest BCUT2D eigenvalue weighted by molar-refractivity contribution is -0.140. The molecule has 0 spiro atoms. The molecule has 1 atom stereocenters. The number of ether oxygens (including phenoxy) is 1. The van der Waals surface area contributed by atoms with Crippen molar-refractivity contribution in [3.05, 3.63) is 66.0 Å². The fraction of sp³-hybridized carbons (Fsp3) is 0.536. The summed E-state index contributed by atoms with van der Waals surface area (Å²) < 4.78 is 18.5. The molecule has 0 aromatic heterocycles. The highest BCUT2D eigenvalue weighted by Gasteiger charge is 2.34. The summed E-state index contributed by atoms with van der Waals surface area (Å²) in [5, 5.41) is 0. The Morgan fingerprint density at radius 2 is 1.45 bits per heavy atom. The number of rotatable bonds is 6. The maximum absolute atomic E-state index is 13.0. The zero-order valence-electron chi connectivity index (χ0n) is 18.6. The zero-order valence-corrected chi connectivity index (χ0v) is 18.6. The van der Waals surface area contributed by atoms with Crippen molar-refractivity contribution < 1.29 is 13.9 Å². The van der Waals surface area contributed by atoms with Crippen LogP contribution < -0.4 is 4.74 Å². The maximum atomic E-state index is 13.0. The van der Waals surface area contributed by atoms with Crippen LogP contribution in [0, 0.1) is 29.5 Å². The molecule has 4 rings (SSSR count). The van der Waals surface area contributed by atoms with E-state index >= 15 is 0 Å². The Kier molecular flexibility index (Phi) is 7.42. The fourth-order valence-electron chi connectivity index (χ4n) is 5.84. The molecule has 166 valence electrons. The highest BCUT2D eigenvalue weighted by atomic mass is 19.1. The minimum absolute atomic E-state index is 0.00985. The molecule has 0 radical (unpaired) electrons. The molecule has 2 aromatic carbocycles. The van der Waals surface area contributed by atoms with E-state index in [4.69, 9.17) is 4.74 Å². The standard InChI is InChI=1S/C28H35FO2/c1-20(22-5-3-2-4-6-22)19-21-7-9-23(10-8-21)24-11-13-25(14-12-24)28(30)31-27-17-15-26(29)16-18-27/h2-6,15-18,20-21,23-25H,7-14,19H2,1H3/t20-,21?,23?,24?,25?/m1/s1. The summed E-state index contributed by atoms with van der Waals surface area (Å²) in [6.07, 6.45) is 10.8. The highest BCUT2D eigenvalue weighted by Crippen LogP contribution is 2.43. The molecule has 0 amide bonds. The van der Waals surface area contributed by atoms with Crippen molar-refractivity contribution in [1.82, 2.24) is 0 Å². The molecule has 0 bridgehead atoms. The second kappa shape index (κ2) is 10.4. The molecule has 2 fully saturated rings. The molecule has 0 saturated heterocycles. The predicted molar refractivity (Wildman–Crippen MR) is 122 cm³/mol. The van der Waals surface area contributed by atoms with Crippen LogP contribution in [0.4, 0.5) is 4.39 Å². The first-order chi connectivity index (χ1) is 15.1. The molecule has 2 saturated carbocycles. The molecule has 31 heavy (non-hydrogen) atoms. The normalized spacial score (nSPS) is 27.4. The monoisotopic (exact) mass is 422 g/mol. The van der Waals surface area contributed by atoms with Crippen LogP contribution in [0.3, 0.4) is 0 Å². The number of hydrogen-bond acceptors (Lipinski definition) is 2. The molecule has 0 heterocycles.